The van der Waals surface area contributed by atoms with Gasteiger partial charge in [0.25, 0.3) is 5.91 Å². The van der Waals surface area contributed by atoms with Gasteiger partial charge in [-0.2, -0.15) is 0 Å². The van der Waals surface area contributed by atoms with Gasteiger partial charge in [0.2, 0.25) is 11.8 Å². The van der Waals surface area contributed by atoms with E-state index in [-0.39, 0.29) is 48.7 Å². The molecule has 7 atom stereocenters. The zero-order valence-corrected chi connectivity index (χ0v) is 31.2. The maximum absolute atomic E-state index is 15.0. The van der Waals surface area contributed by atoms with Crippen molar-refractivity contribution < 1.29 is 33.8 Å². The maximum atomic E-state index is 15.0. The molecule has 5 rings (SSSR count). The van der Waals surface area contributed by atoms with Crippen LogP contribution in [0, 0.1) is 25.7 Å². The van der Waals surface area contributed by atoms with E-state index in [0.29, 0.717) is 37.8 Å². The molecule has 2 aromatic carbocycles. The van der Waals surface area contributed by atoms with E-state index in [0.717, 1.165) is 29.7 Å². The number of anilines is 1. The molecule has 3 aliphatic rings. The van der Waals surface area contributed by atoms with Crippen LogP contribution in [-0.2, 0) is 28.7 Å². The van der Waals surface area contributed by atoms with Crippen molar-refractivity contribution in [1.29, 1.82) is 0 Å². The summed E-state index contributed by atoms with van der Waals surface area (Å²) >= 11 is 3.76. The number of benzene rings is 2. The average molecular weight is 765 g/mol. The van der Waals surface area contributed by atoms with Crippen molar-refractivity contribution in [3.63, 3.8) is 0 Å². The Hall–Kier alpha value is -3.80. The first-order valence-corrected chi connectivity index (χ1v) is 18.8. The molecule has 0 aromatic heterocycles. The summed E-state index contributed by atoms with van der Waals surface area (Å²) in [5.74, 6) is -3.28. The first-order chi connectivity index (χ1) is 24.6. The number of hydrogen-bond acceptors (Lipinski definition) is 7. The van der Waals surface area contributed by atoms with Gasteiger partial charge in [-0.3, -0.25) is 19.2 Å². The molecule has 0 aliphatic carbocycles. The number of allylic oxidation sites excluding steroid dienone is 1. The summed E-state index contributed by atoms with van der Waals surface area (Å²) in [7, 11) is 0. The Bertz CT molecular complexity index is 1600. The first kappa shape index (κ1) is 38.4. The molecule has 2 bridgehead atoms. The molecule has 1 spiro atoms. The molecule has 274 valence electrons. The number of ether oxygens (including phenoxy) is 2. The number of alkyl halides is 1. The number of hydrogen-bond donors (Lipinski definition) is 2. The quantitative estimate of drug-likeness (QED) is 0.0891. The monoisotopic (exact) mass is 763 g/mol. The number of halogens is 1. The molecule has 3 fully saturated rings. The number of nitrogens with one attached hydrogen (secondary N) is 1. The molecule has 2 aromatic rings. The smallest absolute Gasteiger partial charge is 0.313 e. The van der Waals surface area contributed by atoms with E-state index in [1.807, 2.05) is 62.4 Å². The number of likely N-dealkylation sites (tertiary alicyclic amines) is 1. The zero-order valence-electron chi connectivity index (χ0n) is 29.6. The third kappa shape index (κ3) is 8.00. The fraction of sp³-hybridized carbons (Fsp3) is 0.500. The molecule has 0 radical (unpaired) electrons. The molecule has 2 N–H and O–H groups in total. The lowest BCUT2D eigenvalue weighted by Crippen LogP contribution is -2.57. The summed E-state index contributed by atoms with van der Waals surface area (Å²) in [6.45, 7) is 12.2. The Morgan fingerprint density at radius 3 is 2.57 bits per heavy atom. The van der Waals surface area contributed by atoms with Crippen molar-refractivity contribution in [3.8, 4) is 0 Å². The van der Waals surface area contributed by atoms with Crippen LogP contribution in [0.2, 0.25) is 0 Å². The molecule has 11 heteroatoms. The van der Waals surface area contributed by atoms with Crippen molar-refractivity contribution in [3.05, 3.63) is 90.5 Å². The van der Waals surface area contributed by atoms with Gasteiger partial charge in [-0.1, -0.05) is 83.4 Å². The summed E-state index contributed by atoms with van der Waals surface area (Å²) in [4.78, 5) is 59.5. The lowest BCUT2D eigenvalue weighted by molar-refractivity contribution is -0.160. The number of carbonyl (C=O) groups is 4. The van der Waals surface area contributed by atoms with Crippen LogP contribution in [-0.4, -0.2) is 82.5 Å². The van der Waals surface area contributed by atoms with E-state index in [2.05, 4.69) is 34.4 Å². The second-order valence-electron chi connectivity index (χ2n) is 13.8. The molecule has 51 heavy (non-hydrogen) atoms. The van der Waals surface area contributed by atoms with E-state index < -0.39 is 41.7 Å². The summed E-state index contributed by atoms with van der Waals surface area (Å²) in [6, 6.07) is 14.1. The maximum Gasteiger partial charge on any atom is 0.313 e. The van der Waals surface area contributed by atoms with E-state index in [1.165, 1.54) is 0 Å². The summed E-state index contributed by atoms with van der Waals surface area (Å²) in [6.07, 6.45) is 5.83. The van der Waals surface area contributed by atoms with Crippen molar-refractivity contribution in [2.24, 2.45) is 11.8 Å². The first-order valence-electron chi connectivity index (χ1n) is 17.9. The lowest BCUT2D eigenvalue weighted by atomic mass is 9.70. The molecule has 1 unspecified atom stereocenters. The van der Waals surface area contributed by atoms with Crippen LogP contribution in [0.3, 0.4) is 0 Å². The lowest BCUT2D eigenvalue weighted by Gasteiger charge is -2.37. The van der Waals surface area contributed by atoms with Crippen LogP contribution in [0.15, 0.2) is 73.8 Å². The molecule has 3 saturated heterocycles. The Morgan fingerprint density at radius 2 is 1.86 bits per heavy atom. The largest absolute Gasteiger partial charge is 0.455 e. The topological polar surface area (TPSA) is 125 Å². The predicted molar refractivity (Wildman–Crippen MR) is 199 cm³/mol. The second kappa shape index (κ2) is 17.1. The number of amides is 3. The molecular weight excluding hydrogens is 714 g/mol. The van der Waals surface area contributed by atoms with Crippen LogP contribution in [0.4, 0.5) is 5.69 Å². The minimum atomic E-state index is -1.26. The van der Waals surface area contributed by atoms with Gasteiger partial charge in [-0.15, -0.1) is 13.2 Å². The van der Waals surface area contributed by atoms with Crippen molar-refractivity contribution >= 4 is 45.3 Å². The number of aliphatic hydroxyl groups is 1. The minimum absolute atomic E-state index is 0.0545. The Balaban J connectivity index is 1.49. The highest BCUT2D eigenvalue weighted by Gasteiger charge is 2.77. The SMILES string of the molecule is C=CCCC(=O)NC[C@H](OC(=O)[C@H]1[C@@H]2O[C@@]3(CC2Br)[C@@H]1C(=O)N(CCCCCCO)[C@@H]3C(=O)N(CC=C)c1cc(C)ccc1C)c1ccccc1. The fourth-order valence-electron chi connectivity index (χ4n) is 7.90. The number of unbranched alkanes of at least 4 members (excludes halogenated alkanes) is 3. The number of nitrogens with zero attached hydrogens (tertiary/aromatic N) is 2. The minimum Gasteiger partial charge on any atom is -0.455 e. The van der Waals surface area contributed by atoms with Gasteiger partial charge in [0.05, 0.1) is 24.5 Å². The van der Waals surface area contributed by atoms with Crippen molar-refractivity contribution in [2.75, 3.05) is 31.1 Å². The van der Waals surface area contributed by atoms with Crippen molar-refractivity contribution in [1.82, 2.24) is 10.2 Å². The van der Waals surface area contributed by atoms with E-state index >= 15 is 0 Å². The van der Waals surface area contributed by atoms with Gasteiger partial charge >= 0.3 is 5.97 Å². The third-order valence-corrected chi connectivity index (χ3v) is 11.2. The molecule has 3 aliphatic heterocycles. The van der Waals surface area contributed by atoms with Gasteiger partial charge < -0.3 is 29.7 Å². The standard InChI is InChI=1S/C40H50BrN3O7/c1-5-7-17-32(46)42-25-31(28-15-11-10-12-16-28)50-39(49)33-34-37(47)44(21-13-8-9-14-22-45)36(40(34)24-29(41)35(33)51-40)38(48)43(20-6-2)30-23-26(3)18-19-27(30)4/h5-6,10-12,15-16,18-19,23,29,31,33-36,45H,1-2,7-9,13-14,17,20-22,24-25H2,3-4H3,(H,42,46)/t29?,31-,33+,34-,35+,36+,40-/m0/s1. The van der Waals surface area contributed by atoms with Gasteiger partial charge in [-0.25, -0.2) is 0 Å². The number of esters is 1. The number of aryl methyl sites for hydroxylation is 2. The molecular formula is C40H50BrN3O7. The summed E-state index contributed by atoms with van der Waals surface area (Å²) in [5, 5.41) is 12.2. The van der Waals surface area contributed by atoms with Crippen LogP contribution in [0.5, 0.6) is 0 Å². The van der Waals surface area contributed by atoms with E-state index in [4.69, 9.17) is 9.47 Å². The van der Waals surface area contributed by atoms with Gasteiger partial charge in [0.15, 0.2) is 0 Å². The van der Waals surface area contributed by atoms with Crippen molar-refractivity contribution in [2.45, 2.75) is 87.5 Å². The summed E-state index contributed by atoms with van der Waals surface area (Å²) < 4.78 is 13.0. The number of carbonyl (C=O) groups excluding carboxylic acids is 4. The van der Waals surface area contributed by atoms with Crippen LogP contribution >= 0.6 is 15.9 Å². The Kier molecular flexibility index (Phi) is 12.9. The molecule has 3 amide bonds. The van der Waals surface area contributed by atoms with Gasteiger partial charge in [0.1, 0.15) is 17.7 Å². The predicted octanol–water partition coefficient (Wildman–Crippen LogP) is 5.49. The van der Waals surface area contributed by atoms with Crippen LogP contribution < -0.4 is 10.2 Å². The fourth-order valence-corrected chi connectivity index (χ4v) is 8.84. The zero-order chi connectivity index (χ0) is 36.7. The molecule has 10 nitrogen and oxygen atoms in total. The van der Waals surface area contributed by atoms with Crippen LogP contribution in [0.25, 0.3) is 0 Å². The van der Waals surface area contributed by atoms with E-state index in [1.54, 1.807) is 22.0 Å². The molecule has 0 saturated carbocycles. The highest BCUT2D eigenvalue weighted by atomic mass is 79.9. The molecule has 3 heterocycles. The Labute approximate surface area is 309 Å². The van der Waals surface area contributed by atoms with Gasteiger partial charge in [0, 0.05) is 36.6 Å². The Morgan fingerprint density at radius 1 is 1.12 bits per heavy atom. The van der Waals surface area contributed by atoms with Gasteiger partial charge in [-0.05, 0) is 62.3 Å². The number of aliphatic hydroxyl groups excluding tert-OH is 1. The second-order valence-corrected chi connectivity index (χ2v) is 15.0. The number of fused-ring (bicyclic) bond motifs is 1. The average Bonchev–Trinajstić information content (AvgIpc) is 3.72. The highest BCUT2D eigenvalue weighted by molar-refractivity contribution is 9.09. The summed E-state index contributed by atoms with van der Waals surface area (Å²) in [5.41, 5.74) is 2.07. The highest BCUT2D eigenvalue weighted by Crippen LogP contribution is 2.60. The van der Waals surface area contributed by atoms with Crippen LogP contribution in [0.1, 0.15) is 67.7 Å². The number of rotatable bonds is 18. The van der Waals surface area contributed by atoms with E-state index in [9.17, 15) is 24.3 Å². The third-order valence-electron chi connectivity index (χ3n) is 10.3. The normalized spacial score (nSPS) is 25.3.